The van der Waals surface area contributed by atoms with E-state index in [1.54, 1.807) is 0 Å². The molecule has 1 aromatic rings. The van der Waals surface area contributed by atoms with Crippen LogP contribution in [0, 0.1) is 0 Å². The molecule has 10 heteroatoms. The molecule has 0 saturated carbocycles. The Hall–Kier alpha value is -1.65. The van der Waals surface area contributed by atoms with Crippen molar-refractivity contribution in [1.82, 2.24) is 9.97 Å². The van der Waals surface area contributed by atoms with E-state index in [4.69, 9.17) is 15.7 Å². The third kappa shape index (κ3) is 4.47. The van der Waals surface area contributed by atoms with E-state index in [1.165, 1.54) is 12.0 Å². The first-order valence-electron chi connectivity index (χ1n) is 5.70. The fourth-order valence-corrected chi connectivity index (χ4v) is 1.47. The number of methoxy groups -OCH3 is 1. The molecule has 20 heavy (non-hydrogen) atoms. The Bertz CT molecular complexity index is 430. The van der Waals surface area contributed by atoms with Gasteiger partial charge in [-0.3, -0.25) is 5.43 Å². The SMILES string of the molecule is COCCN(CCO)c1cc(C(F)(F)F)nc(NN)n1. The second-order valence-corrected chi connectivity index (χ2v) is 3.78. The number of hydrogen-bond acceptors (Lipinski definition) is 7. The number of hydrogen-bond donors (Lipinski definition) is 3. The maximum Gasteiger partial charge on any atom is 0.433 e. The van der Waals surface area contributed by atoms with Crippen molar-refractivity contribution in [3.8, 4) is 0 Å². The average molecular weight is 295 g/mol. The number of nitrogen functional groups attached to an aromatic ring is 1. The summed E-state index contributed by atoms with van der Waals surface area (Å²) < 4.78 is 43.1. The lowest BCUT2D eigenvalue weighted by molar-refractivity contribution is -0.141. The van der Waals surface area contributed by atoms with Gasteiger partial charge in [0, 0.05) is 26.3 Å². The second-order valence-electron chi connectivity index (χ2n) is 3.78. The Labute approximate surface area is 113 Å². The summed E-state index contributed by atoms with van der Waals surface area (Å²) in [6, 6.07) is 0.798. The summed E-state index contributed by atoms with van der Waals surface area (Å²) >= 11 is 0. The summed E-state index contributed by atoms with van der Waals surface area (Å²) in [4.78, 5) is 8.55. The average Bonchev–Trinajstić information content (AvgIpc) is 2.42. The van der Waals surface area contributed by atoms with E-state index in [0.717, 1.165) is 6.07 Å². The molecule has 0 amide bonds. The van der Waals surface area contributed by atoms with E-state index < -0.39 is 11.9 Å². The molecule has 0 spiro atoms. The number of nitrogens with one attached hydrogen (secondary N) is 1. The Morgan fingerprint density at radius 2 is 2.10 bits per heavy atom. The summed E-state index contributed by atoms with van der Waals surface area (Å²) in [6.07, 6.45) is -4.62. The quantitative estimate of drug-likeness (QED) is 0.489. The van der Waals surface area contributed by atoms with Gasteiger partial charge in [0.2, 0.25) is 5.95 Å². The van der Waals surface area contributed by atoms with Crippen LogP contribution in [0.1, 0.15) is 5.69 Å². The van der Waals surface area contributed by atoms with E-state index in [0.29, 0.717) is 0 Å². The minimum atomic E-state index is -4.62. The molecule has 0 radical (unpaired) electrons. The fourth-order valence-electron chi connectivity index (χ4n) is 1.47. The highest BCUT2D eigenvalue weighted by atomic mass is 19.4. The van der Waals surface area contributed by atoms with E-state index in [9.17, 15) is 13.2 Å². The molecule has 0 aromatic carbocycles. The number of aromatic nitrogens is 2. The number of rotatable bonds is 7. The van der Waals surface area contributed by atoms with Gasteiger partial charge in [-0.15, -0.1) is 0 Å². The molecule has 0 bridgehead atoms. The van der Waals surface area contributed by atoms with Gasteiger partial charge in [0.25, 0.3) is 0 Å². The third-order valence-electron chi connectivity index (χ3n) is 2.39. The molecule has 0 atom stereocenters. The highest BCUT2D eigenvalue weighted by Crippen LogP contribution is 2.30. The predicted octanol–water partition coefficient (Wildman–Crippen LogP) is 0.226. The number of nitrogens with two attached hydrogens (primary N) is 1. The molecule has 0 saturated heterocycles. The summed E-state index contributed by atoms with van der Waals surface area (Å²) in [6.45, 7) is 0.425. The summed E-state index contributed by atoms with van der Waals surface area (Å²) in [5.74, 6) is 4.72. The highest BCUT2D eigenvalue weighted by molar-refractivity contribution is 5.45. The maximum atomic E-state index is 12.7. The topological polar surface area (TPSA) is 96.5 Å². The molecule has 7 nitrogen and oxygen atoms in total. The predicted molar refractivity (Wildman–Crippen MR) is 66.0 cm³/mol. The second kappa shape index (κ2) is 7.22. The van der Waals surface area contributed by atoms with Crippen LogP contribution in [0.3, 0.4) is 0 Å². The molecule has 0 aliphatic carbocycles. The van der Waals surface area contributed by atoms with E-state index >= 15 is 0 Å². The number of ether oxygens (including phenoxy) is 1. The van der Waals surface area contributed by atoms with Crippen molar-refractivity contribution in [3.05, 3.63) is 11.8 Å². The molecule has 0 unspecified atom stereocenters. The lowest BCUT2D eigenvalue weighted by Gasteiger charge is -2.23. The van der Waals surface area contributed by atoms with Crippen molar-refractivity contribution in [1.29, 1.82) is 0 Å². The van der Waals surface area contributed by atoms with Crippen molar-refractivity contribution in [3.63, 3.8) is 0 Å². The van der Waals surface area contributed by atoms with Crippen LogP contribution in [0.5, 0.6) is 0 Å². The molecule has 1 aromatic heterocycles. The first-order valence-corrected chi connectivity index (χ1v) is 5.70. The van der Waals surface area contributed by atoms with Gasteiger partial charge in [0.1, 0.15) is 5.82 Å². The minimum absolute atomic E-state index is 0.00590. The first kappa shape index (κ1) is 16.4. The zero-order valence-electron chi connectivity index (χ0n) is 10.8. The maximum absolute atomic E-state index is 12.7. The smallest absolute Gasteiger partial charge is 0.395 e. The van der Waals surface area contributed by atoms with Crippen LogP contribution in [0.4, 0.5) is 24.9 Å². The van der Waals surface area contributed by atoms with Gasteiger partial charge in [-0.05, 0) is 0 Å². The van der Waals surface area contributed by atoms with Gasteiger partial charge in [-0.2, -0.15) is 18.2 Å². The summed E-state index contributed by atoms with van der Waals surface area (Å²) in [5, 5.41) is 8.96. The Morgan fingerprint density at radius 1 is 1.40 bits per heavy atom. The van der Waals surface area contributed by atoms with Gasteiger partial charge in [0.05, 0.1) is 13.2 Å². The highest BCUT2D eigenvalue weighted by Gasteiger charge is 2.34. The zero-order valence-corrected chi connectivity index (χ0v) is 10.8. The largest absolute Gasteiger partial charge is 0.433 e. The fraction of sp³-hybridized carbons (Fsp3) is 0.600. The Balaban J connectivity index is 3.12. The Morgan fingerprint density at radius 3 is 2.60 bits per heavy atom. The standard InChI is InChI=1S/C10H16F3N5O2/c1-20-5-3-18(2-4-19)8-6-7(10(11,12)13)15-9(16-8)17-14/h6,19H,2-5,14H2,1H3,(H,15,16,17). The van der Waals surface area contributed by atoms with Crippen molar-refractivity contribution in [2.45, 2.75) is 6.18 Å². The molecule has 0 fully saturated rings. The van der Waals surface area contributed by atoms with Crippen LogP contribution in [-0.2, 0) is 10.9 Å². The van der Waals surface area contributed by atoms with Gasteiger partial charge < -0.3 is 14.7 Å². The van der Waals surface area contributed by atoms with Crippen LogP contribution in [0.15, 0.2) is 6.07 Å². The van der Waals surface area contributed by atoms with E-state index in [2.05, 4.69) is 9.97 Å². The van der Waals surface area contributed by atoms with Gasteiger partial charge in [-0.25, -0.2) is 10.8 Å². The van der Waals surface area contributed by atoms with Crippen LogP contribution in [0.25, 0.3) is 0 Å². The lowest BCUT2D eigenvalue weighted by Crippen LogP contribution is -2.32. The minimum Gasteiger partial charge on any atom is -0.395 e. The van der Waals surface area contributed by atoms with Crippen molar-refractivity contribution < 1.29 is 23.0 Å². The van der Waals surface area contributed by atoms with Crippen LogP contribution in [-0.4, -0.2) is 48.5 Å². The first-order chi connectivity index (χ1) is 9.42. The number of aliphatic hydroxyl groups is 1. The Kier molecular flexibility index (Phi) is 5.92. The molecule has 0 aliphatic rings. The molecule has 1 heterocycles. The monoisotopic (exact) mass is 295 g/mol. The van der Waals surface area contributed by atoms with E-state index in [1.807, 2.05) is 5.43 Å². The molecule has 0 aliphatic heterocycles. The van der Waals surface area contributed by atoms with Crippen LogP contribution >= 0.6 is 0 Å². The van der Waals surface area contributed by atoms with Crippen molar-refractivity contribution in [2.75, 3.05) is 43.7 Å². The van der Waals surface area contributed by atoms with Gasteiger partial charge >= 0.3 is 6.18 Å². The molecule has 1 rings (SSSR count). The zero-order chi connectivity index (χ0) is 15.2. The van der Waals surface area contributed by atoms with Gasteiger partial charge in [0.15, 0.2) is 5.69 Å². The summed E-state index contributed by atoms with van der Waals surface area (Å²) in [5.41, 5.74) is 0.875. The molecular formula is C10H16F3N5O2. The van der Waals surface area contributed by atoms with Crippen LogP contribution in [0.2, 0.25) is 0 Å². The van der Waals surface area contributed by atoms with Gasteiger partial charge in [-0.1, -0.05) is 0 Å². The van der Waals surface area contributed by atoms with Crippen LogP contribution < -0.4 is 16.2 Å². The molecular weight excluding hydrogens is 279 g/mol. The lowest BCUT2D eigenvalue weighted by atomic mass is 10.3. The van der Waals surface area contributed by atoms with Crippen molar-refractivity contribution in [2.24, 2.45) is 5.84 Å². The number of alkyl halides is 3. The van der Waals surface area contributed by atoms with E-state index in [-0.39, 0.29) is 38.1 Å². The number of aliphatic hydroxyl groups excluding tert-OH is 1. The number of anilines is 2. The van der Waals surface area contributed by atoms with Crippen molar-refractivity contribution >= 4 is 11.8 Å². The third-order valence-corrected chi connectivity index (χ3v) is 2.39. The molecule has 4 N–H and O–H groups in total. The molecule has 114 valence electrons. The normalized spacial score (nSPS) is 11.5. The summed E-state index contributed by atoms with van der Waals surface area (Å²) in [7, 11) is 1.46. The number of halogens is 3. The number of hydrazine groups is 1. The number of nitrogens with zero attached hydrogens (tertiary/aromatic N) is 3.